The van der Waals surface area contributed by atoms with Crippen molar-refractivity contribution in [3.63, 3.8) is 0 Å². The first-order valence-corrected chi connectivity index (χ1v) is 15.1. The molecule has 2 rings (SSSR count). The lowest BCUT2D eigenvalue weighted by Gasteiger charge is -2.27. The molecule has 1 saturated heterocycles. The van der Waals surface area contributed by atoms with Gasteiger partial charge in [-0.05, 0) is 25.0 Å². The fourth-order valence-electron chi connectivity index (χ4n) is 3.48. The monoisotopic (exact) mass is 598 g/mol. The van der Waals surface area contributed by atoms with Gasteiger partial charge >= 0.3 is 5.97 Å². The zero-order valence-corrected chi connectivity index (χ0v) is 24.7. The molecule has 0 aromatic heterocycles. The molecule has 1 aliphatic heterocycles. The molecule has 1 heterocycles. The van der Waals surface area contributed by atoms with Crippen LogP contribution < -0.4 is 21.7 Å². The number of esters is 1. The minimum absolute atomic E-state index is 0.0139. The quantitative estimate of drug-likeness (QED) is 0.229. The number of ether oxygens (including phenoxy) is 1. The van der Waals surface area contributed by atoms with Crippen molar-refractivity contribution in [2.24, 2.45) is 5.73 Å². The van der Waals surface area contributed by atoms with Gasteiger partial charge in [0.15, 0.2) is 0 Å². The number of nitrogens with one attached hydrogen (secondary N) is 3. The van der Waals surface area contributed by atoms with E-state index in [1.54, 1.807) is 0 Å². The van der Waals surface area contributed by atoms with Gasteiger partial charge in [0.1, 0.15) is 18.1 Å². The standard InChI is InChI=1S/C25H34N4O7S3/c1-14(30)27-18(21(26)32)13-39-25(3,4)17-7-5-6-16(10-17)8-9-36-22(33)19(28-15(2)31)11-37-23(34)20-12-38-24(35)29-20/h5-7,10,18-20H,8-9,11-13H2,1-4H3,(H2,26,32)(H,27,30)(H,28,31)(H,29,35). The van der Waals surface area contributed by atoms with Crippen LogP contribution in [0, 0.1) is 0 Å². The summed E-state index contributed by atoms with van der Waals surface area (Å²) in [6.07, 6.45) is 0.417. The van der Waals surface area contributed by atoms with Gasteiger partial charge in [-0.1, -0.05) is 47.8 Å². The molecule has 0 radical (unpaired) electrons. The highest BCUT2D eigenvalue weighted by atomic mass is 32.2. The Bertz CT molecular complexity index is 1100. The Morgan fingerprint density at radius 2 is 1.79 bits per heavy atom. The maximum atomic E-state index is 12.7. The number of rotatable bonds is 14. The normalized spacial score (nSPS) is 16.5. The Labute approximate surface area is 240 Å². The summed E-state index contributed by atoms with van der Waals surface area (Å²) >= 11 is 3.36. The van der Waals surface area contributed by atoms with Crippen LogP contribution in [0.1, 0.15) is 38.8 Å². The molecule has 0 saturated carbocycles. The van der Waals surface area contributed by atoms with Crippen LogP contribution in [0.15, 0.2) is 24.3 Å². The largest absolute Gasteiger partial charge is 0.464 e. The Balaban J connectivity index is 1.92. The molecule has 39 heavy (non-hydrogen) atoms. The number of hydrogen-bond donors (Lipinski definition) is 4. The van der Waals surface area contributed by atoms with Gasteiger partial charge in [-0.3, -0.25) is 24.0 Å². The third kappa shape index (κ3) is 11.1. The first-order valence-electron chi connectivity index (χ1n) is 12.1. The molecule has 214 valence electrons. The van der Waals surface area contributed by atoms with E-state index < -0.39 is 40.7 Å². The second-order valence-corrected chi connectivity index (χ2v) is 12.9. The highest BCUT2D eigenvalue weighted by molar-refractivity contribution is 8.15. The van der Waals surface area contributed by atoms with Crippen LogP contribution in [-0.2, 0) is 39.9 Å². The zero-order chi connectivity index (χ0) is 29.2. The summed E-state index contributed by atoms with van der Waals surface area (Å²) in [5.74, 6) is -1.40. The number of benzene rings is 1. The Morgan fingerprint density at radius 3 is 2.38 bits per heavy atom. The summed E-state index contributed by atoms with van der Waals surface area (Å²) < 4.78 is 5.00. The number of carbonyl (C=O) groups excluding carboxylic acids is 6. The molecule has 3 unspecified atom stereocenters. The molecule has 1 fully saturated rings. The van der Waals surface area contributed by atoms with E-state index in [4.69, 9.17) is 10.5 Å². The van der Waals surface area contributed by atoms with Gasteiger partial charge in [0.2, 0.25) is 22.8 Å². The molecule has 4 amide bonds. The summed E-state index contributed by atoms with van der Waals surface area (Å²) in [7, 11) is 0. The number of amides is 4. The van der Waals surface area contributed by atoms with E-state index in [0.717, 1.165) is 34.7 Å². The number of carbonyl (C=O) groups is 6. The molecule has 11 nitrogen and oxygen atoms in total. The molecule has 0 bridgehead atoms. The molecule has 1 aromatic rings. The van der Waals surface area contributed by atoms with Crippen molar-refractivity contribution in [2.45, 2.75) is 57.0 Å². The van der Waals surface area contributed by atoms with Gasteiger partial charge in [0, 0.05) is 42.3 Å². The average Bonchev–Trinajstić information content (AvgIpc) is 3.30. The molecule has 1 aromatic carbocycles. The highest BCUT2D eigenvalue weighted by Gasteiger charge is 2.30. The second-order valence-electron chi connectivity index (χ2n) is 9.27. The van der Waals surface area contributed by atoms with E-state index in [1.165, 1.54) is 25.6 Å². The summed E-state index contributed by atoms with van der Waals surface area (Å²) in [6.45, 7) is 6.65. The van der Waals surface area contributed by atoms with Crippen molar-refractivity contribution < 1.29 is 33.5 Å². The number of primary amides is 1. The molecule has 0 aliphatic carbocycles. The van der Waals surface area contributed by atoms with Crippen molar-refractivity contribution in [3.05, 3.63) is 35.4 Å². The first-order chi connectivity index (χ1) is 18.3. The minimum Gasteiger partial charge on any atom is -0.464 e. The number of nitrogens with two attached hydrogens (primary N) is 1. The van der Waals surface area contributed by atoms with Crippen LogP contribution in [0.5, 0.6) is 0 Å². The average molecular weight is 599 g/mol. The van der Waals surface area contributed by atoms with Crippen molar-refractivity contribution in [1.82, 2.24) is 16.0 Å². The van der Waals surface area contributed by atoms with Gasteiger partial charge in [-0.2, -0.15) is 0 Å². The SMILES string of the molecule is CC(=O)NC(CSC(C)(C)c1cccc(CCOC(=O)C(CSC(=O)C2CSC(=O)N2)NC(C)=O)c1)C(N)=O. The zero-order valence-electron chi connectivity index (χ0n) is 22.2. The molecule has 14 heteroatoms. The fraction of sp³-hybridized carbons (Fsp3) is 0.520. The predicted octanol–water partition coefficient (Wildman–Crippen LogP) is 1.32. The van der Waals surface area contributed by atoms with E-state index in [-0.39, 0.29) is 28.6 Å². The smallest absolute Gasteiger partial charge is 0.329 e. The van der Waals surface area contributed by atoms with E-state index in [2.05, 4.69) is 16.0 Å². The summed E-state index contributed by atoms with van der Waals surface area (Å²) in [6, 6.07) is 5.30. The van der Waals surface area contributed by atoms with Crippen LogP contribution in [-0.4, -0.2) is 76.0 Å². The van der Waals surface area contributed by atoms with Crippen LogP contribution in [0.25, 0.3) is 0 Å². The highest BCUT2D eigenvalue weighted by Crippen LogP contribution is 2.36. The summed E-state index contributed by atoms with van der Waals surface area (Å²) in [5, 5.41) is 7.07. The van der Waals surface area contributed by atoms with Gasteiger partial charge < -0.3 is 26.4 Å². The van der Waals surface area contributed by atoms with Gasteiger partial charge in [-0.15, -0.1) is 11.8 Å². The minimum atomic E-state index is -1.01. The fourth-order valence-corrected chi connectivity index (χ4v) is 6.38. The van der Waals surface area contributed by atoms with Crippen molar-refractivity contribution >= 4 is 69.3 Å². The van der Waals surface area contributed by atoms with Gasteiger partial charge in [-0.25, -0.2) is 4.79 Å². The Kier molecular flexibility index (Phi) is 12.6. The Morgan fingerprint density at radius 1 is 1.13 bits per heavy atom. The molecule has 0 spiro atoms. The number of thioether (sulfide) groups is 3. The van der Waals surface area contributed by atoms with E-state index in [1.807, 2.05) is 38.1 Å². The van der Waals surface area contributed by atoms with Gasteiger partial charge in [0.05, 0.1) is 6.61 Å². The lowest BCUT2D eigenvalue weighted by molar-refractivity contribution is -0.146. The van der Waals surface area contributed by atoms with E-state index in [0.29, 0.717) is 17.9 Å². The van der Waals surface area contributed by atoms with Crippen molar-refractivity contribution in [1.29, 1.82) is 0 Å². The summed E-state index contributed by atoms with van der Waals surface area (Å²) in [4.78, 5) is 70.9. The maximum Gasteiger partial charge on any atom is 0.329 e. The van der Waals surface area contributed by atoms with Crippen LogP contribution >= 0.6 is 35.3 Å². The first kappa shape index (κ1) is 32.5. The predicted molar refractivity (Wildman–Crippen MR) is 153 cm³/mol. The van der Waals surface area contributed by atoms with E-state index >= 15 is 0 Å². The summed E-state index contributed by atoms with van der Waals surface area (Å²) in [5.41, 5.74) is 7.30. The third-order valence-electron chi connectivity index (χ3n) is 5.60. The topological polar surface area (TPSA) is 174 Å². The van der Waals surface area contributed by atoms with Crippen LogP contribution in [0.3, 0.4) is 0 Å². The third-order valence-corrected chi connectivity index (χ3v) is 9.01. The lowest BCUT2D eigenvalue weighted by atomic mass is 9.99. The lowest BCUT2D eigenvalue weighted by Crippen LogP contribution is -2.45. The molecule has 1 aliphatic rings. The maximum absolute atomic E-state index is 12.7. The van der Waals surface area contributed by atoms with Crippen molar-refractivity contribution in [2.75, 3.05) is 23.9 Å². The van der Waals surface area contributed by atoms with E-state index in [9.17, 15) is 28.8 Å². The molecular weight excluding hydrogens is 564 g/mol. The van der Waals surface area contributed by atoms with Crippen LogP contribution in [0.4, 0.5) is 4.79 Å². The van der Waals surface area contributed by atoms with Gasteiger partial charge in [0.25, 0.3) is 5.24 Å². The molecule has 3 atom stereocenters. The van der Waals surface area contributed by atoms with Crippen molar-refractivity contribution in [3.8, 4) is 0 Å². The Hall–Kier alpha value is -2.71. The second kappa shape index (κ2) is 15.2. The molecular formula is C25H34N4O7S3. The number of hydrogen-bond acceptors (Lipinski definition) is 10. The van der Waals surface area contributed by atoms with Crippen LogP contribution in [0.2, 0.25) is 0 Å². The molecule has 5 N–H and O–H groups in total.